The first kappa shape index (κ1) is 9.40. The molecule has 0 radical (unpaired) electrons. The maximum atomic E-state index is 11.4. The molecule has 74 valence electrons. The van der Waals surface area contributed by atoms with Gasteiger partial charge in [0, 0.05) is 5.56 Å². The van der Waals surface area contributed by atoms with E-state index in [1.54, 1.807) is 6.07 Å². The molecule has 0 amide bonds. The van der Waals surface area contributed by atoms with Gasteiger partial charge in [-0.2, -0.15) is 0 Å². The number of hydrogen-bond acceptors (Lipinski definition) is 4. The molecule has 2 rings (SSSR count). The maximum absolute atomic E-state index is 11.4. The van der Waals surface area contributed by atoms with E-state index in [1.165, 1.54) is 0 Å². The maximum Gasteiger partial charge on any atom is 0.360 e. The summed E-state index contributed by atoms with van der Waals surface area (Å²) in [6.07, 6.45) is 0.688. The molecule has 2 heterocycles. The second kappa shape index (κ2) is 2.92. The van der Waals surface area contributed by atoms with E-state index in [2.05, 4.69) is 10.2 Å². The molecule has 0 aromatic carbocycles. The molecule has 0 saturated heterocycles. The number of nitrogens with zero attached hydrogens (tertiary/aromatic N) is 2. The van der Waals surface area contributed by atoms with Crippen LogP contribution in [0.2, 0.25) is 5.15 Å². The highest BCUT2D eigenvalue weighted by molar-refractivity contribution is 6.29. The third-order valence-corrected chi connectivity index (χ3v) is 2.70. The van der Waals surface area contributed by atoms with Crippen LogP contribution in [-0.2, 0) is 10.3 Å². The van der Waals surface area contributed by atoms with Crippen molar-refractivity contribution in [1.29, 1.82) is 0 Å². The first-order valence-corrected chi connectivity index (χ1v) is 4.71. The molecule has 0 aliphatic carbocycles. The molecule has 0 saturated carbocycles. The van der Waals surface area contributed by atoms with Crippen molar-refractivity contribution in [3.05, 3.63) is 22.5 Å². The van der Waals surface area contributed by atoms with E-state index >= 15 is 0 Å². The van der Waals surface area contributed by atoms with E-state index < -0.39 is 11.6 Å². The summed E-state index contributed by atoms with van der Waals surface area (Å²) in [6.45, 7) is 3.78. The monoisotopic (exact) mass is 212 g/mol. The summed E-state index contributed by atoms with van der Waals surface area (Å²) in [6, 6.07) is 1.64. The molecule has 1 aromatic rings. The Morgan fingerprint density at radius 3 is 2.93 bits per heavy atom. The van der Waals surface area contributed by atoms with E-state index in [-0.39, 0.29) is 10.8 Å². The predicted molar refractivity (Wildman–Crippen MR) is 50.1 cm³/mol. The number of rotatable bonds is 1. The van der Waals surface area contributed by atoms with Gasteiger partial charge >= 0.3 is 5.97 Å². The molecule has 1 aromatic heterocycles. The number of fused-ring (bicyclic) bond motifs is 1. The predicted octanol–water partition coefficient (Wildman–Crippen LogP) is 1.93. The number of halogens is 1. The second-order valence-electron chi connectivity index (χ2n) is 3.40. The van der Waals surface area contributed by atoms with Gasteiger partial charge < -0.3 is 4.74 Å². The molecular weight excluding hydrogens is 204 g/mol. The van der Waals surface area contributed by atoms with Crippen molar-refractivity contribution in [2.45, 2.75) is 25.9 Å². The molecule has 1 unspecified atom stereocenters. The molecule has 0 bridgehead atoms. The molecule has 0 fully saturated rings. The Balaban J connectivity index is 2.62. The summed E-state index contributed by atoms with van der Waals surface area (Å²) in [5.41, 5.74) is 0.398. The summed E-state index contributed by atoms with van der Waals surface area (Å²) in [5, 5.41) is 7.62. The Hall–Kier alpha value is -1.16. The van der Waals surface area contributed by atoms with Crippen LogP contribution < -0.4 is 0 Å². The van der Waals surface area contributed by atoms with Gasteiger partial charge in [0.2, 0.25) is 0 Å². The Morgan fingerprint density at radius 1 is 1.57 bits per heavy atom. The van der Waals surface area contributed by atoms with E-state index in [4.69, 9.17) is 16.3 Å². The van der Waals surface area contributed by atoms with E-state index in [1.807, 2.05) is 13.8 Å². The number of carbonyl (C=O) groups excluding carboxylic acids is 1. The fourth-order valence-corrected chi connectivity index (χ4v) is 1.64. The van der Waals surface area contributed by atoms with Crippen LogP contribution >= 0.6 is 11.6 Å². The highest BCUT2D eigenvalue weighted by Crippen LogP contribution is 2.38. The minimum absolute atomic E-state index is 0.277. The van der Waals surface area contributed by atoms with Crippen LogP contribution in [0.1, 0.15) is 36.3 Å². The zero-order valence-corrected chi connectivity index (χ0v) is 8.63. The lowest BCUT2D eigenvalue weighted by Crippen LogP contribution is -2.20. The Morgan fingerprint density at radius 2 is 2.29 bits per heavy atom. The highest BCUT2D eigenvalue weighted by Gasteiger charge is 2.42. The largest absolute Gasteiger partial charge is 0.450 e. The molecule has 0 N–H and O–H groups in total. The third kappa shape index (κ3) is 1.18. The number of aromatic nitrogens is 2. The average molecular weight is 213 g/mol. The van der Waals surface area contributed by atoms with Crippen LogP contribution in [0.5, 0.6) is 0 Å². The van der Waals surface area contributed by atoms with Gasteiger partial charge in [-0.1, -0.05) is 18.5 Å². The fraction of sp³-hybridized carbons (Fsp3) is 0.444. The topological polar surface area (TPSA) is 52.1 Å². The van der Waals surface area contributed by atoms with E-state index in [0.717, 1.165) is 5.56 Å². The zero-order valence-electron chi connectivity index (χ0n) is 7.87. The highest BCUT2D eigenvalue weighted by atomic mass is 35.5. The molecular formula is C9H9ClN2O2. The SMILES string of the molecule is CCC1(C)OC(=O)c2nnc(Cl)cc21. The Bertz CT molecular complexity index is 408. The van der Waals surface area contributed by atoms with Gasteiger partial charge in [-0.15, -0.1) is 10.2 Å². The first-order valence-electron chi connectivity index (χ1n) is 4.34. The molecule has 1 atom stereocenters. The van der Waals surface area contributed by atoms with Gasteiger partial charge in [0.15, 0.2) is 10.8 Å². The van der Waals surface area contributed by atoms with E-state index in [9.17, 15) is 4.79 Å². The molecule has 1 aliphatic rings. The van der Waals surface area contributed by atoms with Crippen molar-refractivity contribution in [2.75, 3.05) is 0 Å². The van der Waals surface area contributed by atoms with Crippen molar-refractivity contribution in [3.63, 3.8) is 0 Å². The van der Waals surface area contributed by atoms with Crippen LogP contribution in [0, 0.1) is 0 Å². The number of carbonyl (C=O) groups is 1. The minimum atomic E-state index is -0.605. The fourth-order valence-electron chi connectivity index (χ4n) is 1.49. The lowest BCUT2D eigenvalue weighted by molar-refractivity contribution is -0.000945. The molecule has 4 nitrogen and oxygen atoms in total. The summed E-state index contributed by atoms with van der Waals surface area (Å²) >= 11 is 5.71. The summed E-state index contributed by atoms with van der Waals surface area (Å²) in [7, 11) is 0. The van der Waals surface area contributed by atoms with Gasteiger partial charge in [-0.25, -0.2) is 4.79 Å². The number of esters is 1. The second-order valence-corrected chi connectivity index (χ2v) is 3.79. The van der Waals surface area contributed by atoms with Gasteiger partial charge in [0.25, 0.3) is 0 Å². The van der Waals surface area contributed by atoms with Crippen molar-refractivity contribution in [3.8, 4) is 0 Å². The van der Waals surface area contributed by atoms with Crippen LogP contribution in [0.3, 0.4) is 0 Å². The van der Waals surface area contributed by atoms with E-state index in [0.29, 0.717) is 6.42 Å². The first-order chi connectivity index (χ1) is 6.57. The lowest BCUT2D eigenvalue weighted by atomic mass is 9.95. The lowest BCUT2D eigenvalue weighted by Gasteiger charge is -2.21. The number of hydrogen-bond donors (Lipinski definition) is 0. The Kier molecular flexibility index (Phi) is 1.96. The number of cyclic esters (lactones) is 1. The smallest absolute Gasteiger partial charge is 0.360 e. The van der Waals surface area contributed by atoms with Crippen LogP contribution in [0.15, 0.2) is 6.07 Å². The van der Waals surface area contributed by atoms with Crippen LogP contribution in [0.4, 0.5) is 0 Å². The number of ether oxygens (including phenoxy) is 1. The van der Waals surface area contributed by atoms with Gasteiger partial charge in [0.1, 0.15) is 5.60 Å². The van der Waals surface area contributed by atoms with Crippen molar-refractivity contribution in [2.24, 2.45) is 0 Å². The van der Waals surface area contributed by atoms with Crippen molar-refractivity contribution < 1.29 is 9.53 Å². The molecule has 1 aliphatic heterocycles. The van der Waals surface area contributed by atoms with Gasteiger partial charge in [0.05, 0.1) is 0 Å². The van der Waals surface area contributed by atoms with Crippen molar-refractivity contribution >= 4 is 17.6 Å². The minimum Gasteiger partial charge on any atom is -0.450 e. The summed E-state index contributed by atoms with van der Waals surface area (Å²) < 4.78 is 5.22. The molecule has 0 spiro atoms. The van der Waals surface area contributed by atoms with Crippen LogP contribution in [-0.4, -0.2) is 16.2 Å². The van der Waals surface area contributed by atoms with Crippen molar-refractivity contribution in [1.82, 2.24) is 10.2 Å². The quantitative estimate of drug-likeness (QED) is 0.668. The molecule has 14 heavy (non-hydrogen) atoms. The summed E-state index contributed by atoms with van der Waals surface area (Å²) in [4.78, 5) is 11.4. The normalized spacial score (nSPS) is 24.6. The molecule has 5 heteroatoms. The van der Waals surface area contributed by atoms with Gasteiger partial charge in [-0.3, -0.25) is 0 Å². The average Bonchev–Trinajstić information content (AvgIpc) is 2.40. The summed E-state index contributed by atoms with van der Waals surface area (Å²) in [5.74, 6) is -0.423. The zero-order chi connectivity index (χ0) is 10.3. The Labute approximate surface area is 86.2 Å². The third-order valence-electron chi connectivity index (χ3n) is 2.52. The van der Waals surface area contributed by atoms with Crippen LogP contribution in [0.25, 0.3) is 0 Å². The van der Waals surface area contributed by atoms with Gasteiger partial charge in [-0.05, 0) is 19.4 Å². The standard InChI is InChI=1S/C9H9ClN2O2/c1-3-9(2)5-4-6(10)11-12-7(5)8(13)14-9/h4H,3H2,1-2H3.